The molecule has 0 atom stereocenters. The van der Waals surface area contributed by atoms with Crippen LogP contribution >= 0.6 is 0 Å². The second-order valence-electron chi connectivity index (χ2n) is 8.56. The van der Waals surface area contributed by atoms with E-state index in [0.29, 0.717) is 41.4 Å². The summed E-state index contributed by atoms with van der Waals surface area (Å²) in [7, 11) is -3.55. The summed E-state index contributed by atoms with van der Waals surface area (Å²) < 4.78 is 28.5. The van der Waals surface area contributed by atoms with Crippen molar-refractivity contribution in [3.8, 4) is 11.4 Å². The molecule has 2 N–H and O–H groups in total. The number of aryl methyl sites for hydroxylation is 2. The van der Waals surface area contributed by atoms with Gasteiger partial charge in [-0.3, -0.25) is 9.10 Å². The number of rotatable bonds is 4. The minimum Gasteiger partial charge on any atom is -0.322 e. The number of benzene rings is 3. The average Bonchev–Trinajstić information content (AvgIpc) is 2.84. The van der Waals surface area contributed by atoms with Crippen molar-refractivity contribution >= 4 is 38.4 Å². The van der Waals surface area contributed by atoms with Gasteiger partial charge >= 0.3 is 10.2 Å². The van der Waals surface area contributed by atoms with E-state index in [9.17, 15) is 13.2 Å². The van der Waals surface area contributed by atoms with Crippen LogP contribution in [0.5, 0.6) is 0 Å². The molecule has 1 fully saturated rings. The van der Waals surface area contributed by atoms with Crippen LogP contribution in [0.2, 0.25) is 0 Å². The van der Waals surface area contributed by atoms with Crippen molar-refractivity contribution in [3.63, 3.8) is 0 Å². The van der Waals surface area contributed by atoms with Crippen LogP contribution in [0.1, 0.15) is 27.9 Å². The zero-order chi connectivity index (χ0) is 24.6. The molecule has 1 aromatic heterocycles. The Bertz CT molecular complexity index is 1550. The Morgan fingerprint density at radius 2 is 1.86 bits per heavy atom. The quantitative estimate of drug-likeness (QED) is 0.449. The first-order valence-corrected chi connectivity index (χ1v) is 12.8. The molecule has 178 valence electrons. The summed E-state index contributed by atoms with van der Waals surface area (Å²) in [6.45, 7) is 4.61. The predicted molar refractivity (Wildman–Crippen MR) is 138 cm³/mol. The molecular weight excluding hydrogens is 462 g/mol. The largest absolute Gasteiger partial charge is 0.322 e. The molecule has 8 nitrogen and oxygen atoms in total. The molecule has 35 heavy (non-hydrogen) atoms. The third kappa shape index (κ3) is 4.60. The van der Waals surface area contributed by atoms with Crippen LogP contribution in [-0.4, -0.2) is 37.4 Å². The number of hydrogen-bond acceptors (Lipinski definition) is 5. The Morgan fingerprint density at radius 3 is 2.66 bits per heavy atom. The third-order valence-electron chi connectivity index (χ3n) is 6.08. The summed E-state index contributed by atoms with van der Waals surface area (Å²) in [6.07, 6.45) is 2.52. The average molecular weight is 488 g/mol. The fourth-order valence-corrected chi connectivity index (χ4v) is 5.51. The van der Waals surface area contributed by atoms with Gasteiger partial charge in [0.1, 0.15) is 0 Å². The van der Waals surface area contributed by atoms with Gasteiger partial charge < -0.3 is 5.32 Å². The van der Waals surface area contributed by atoms with Crippen LogP contribution in [0.4, 0.5) is 11.4 Å². The number of aromatic nitrogens is 2. The van der Waals surface area contributed by atoms with Crippen LogP contribution in [0.25, 0.3) is 22.3 Å². The van der Waals surface area contributed by atoms with Crippen molar-refractivity contribution in [3.05, 3.63) is 83.6 Å². The number of hydrogen-bond donors (Lipinski definition) is 2. The first-order valence-electron chi connectivity index (χ1n) is 11.3. The smallest absolute Gasteiger partial charge is 0.301 e. The van der Waals surface area contributed by atoms with Gasteiger partial charge in [0.25, 0.3) is 5.91 Å². The number of nitrogens with zero attached hydrogens (tertiary/aromatic N) is 3. The molecule has 0 bridgehead atoms. The standard InChI is InChI=1S/C26H25N5O3S/c1-17-8-9-20(15-23(17)25-27-16-19-6-3-4-7-24(19)30-25)29-26(32)22-11-10-21(14-18(22)2)31-13-5-12-28-35(31,33)34/h3-4,6-11,14-16,28H,5,12-13H2,1-2H3,(H,29,32). The van der Waals surface area contributed by atoms with Crippen LogP contribution in [-0.2, 0) is 10.2 Å². The number of nitrogens with one attached hydrogen (secondary N) is 2. The lowest BCUT2D eigenvalue weighted by Gasteiger charge is -2.29. The molecule has 5 rings (SSSR count). The van der Waals surface area contributed by atoms with Crippen molar-refractivity contribution < 1.29 is 13.2 Å². The molecule has 1 amide bonds. The normalized spacial score (nSPS) is 15.2. The minimum absolute atomic E-state index is 0.275. The molecular formula is C26H25N5O3S. The highest BCUT2D eigenvalue weighted by atomic mass is 32.2. The summed E-state index contributed by atoms with van der Waals surface area (Å²) in [6, 6.07) is 18.5. The van der Waals surface area contributed by atoms with Crippen molar-refractivity contribution in [1.29, 1.82) is 0 Å². The Hall–Kier alpha value is -3.82. The lowest BCUT2D eigenvalue weighted by atomic mass is 10.0. The van der Waals surface area contributed by atoms with Crippen molar-refractivity contribution in [2.24, 2.45) is 0 Å². The second-order valence-corrected chi connectivity index (χ2v) is 10.2. The van der Waals surface area contributed by atoms with Gasteiger partial charge in [0.15, 0.2) is 5.82 Å². The lowest BCUT2D eigenvalue weighted by molar-refractivity contribution is 0.102. The first kappa shape index (κ1) is 22.9. The first-order chi connectivity index (χ1) is 16.8. The summed E-state index contributed by atoms with van der Waals surface area (Å²) in [5.74, 6) is 0.317. The third-order valence-corrected chi connectivity index (χ3v) is 7.62. The molecule has 2 heterocycles. The van der Waals surface area contributed by atoms with E-state index < -0.39 is 10.2 Å². The Kier molecular flexibility index (Phi) is 5.96. The summed E-state index contributed by atoms with van der Waals surface area (Å²) >= 11 is 0. The van der Waals surface area contributed by atoms with Crippen LogP contribution in [0.3, 0.4) is 0 Å². The van der Waals surface area contributed by atoms with Gasteiger partial charge in [0.05, 0.1) is 11.2 Å². The molecule has 1 saturated heterocycles. The molecule has 0 aliphatic carbocycles. The van der Waals surface area contributed by atoms with Gasteiger partial charge in [-0.25, -0.2) is 9.97 Å². The maximum absolute atomic E-state index is 13.1. The van der Waals surface area contributed by atoms with Crippen LogP contribution in [0.15, 0.2) is 66.9 Å². The predicted octanol–water partition coefficient (Wildman–Crippen LogP) is 4.21. The Labute approximate surface area is 204 Å². The topological polar surface area (TPSA) is 104 Å². The van der Waals surface area contributed by atoms with Gasteiger partial charge in [0, 0.05) is 41.5 Å². The molecule has 3 aromatic carbocycles. The van der Waals surface area contributed by atoms with E-state index in [-0.39, 0.29) is 5.91 Å². The second kappa shape index (κ2) is 9.09. The van der Waals surface area contributed by atoms with Gasteiger partial charge in [-0.1, -0.05) is 24.3 Å². The zero-order valence-corrected chi connectivity index (χ0v) is 20.3. The van der Waals surface area contributed by atoms with E-state index in [1.807, 2.05) is 49.4 Å². The molecule has 0 saturated carbocycles. The monoisotopic (exact) mass is 487 g/mol. The van der Waals surface area contributed by atoms with E-state index in [4.69, 9.17) is 0 Å². The molecule has 0 unspecified atom stereocenters. The lowest BCUT2D eigenvalue weighted by Crippen LogP contribution is -2.47. The van der Waals surface area contributed by atoms with Crippen LogP contribution in [0, 0.1) is 13.8 Å². The number of carbonyl (C=O) groups excluding carboxylic acids is 1. The van der Waals surface area contributed by atoms with Gasteiger partial charge in [-0.2, -0.15) is 13.1 Å². The highest BCUT2D eigenvalue weighted by molar-refractivity contribution is 7.90. The molecule has 0 radical (unpaired) electrons. The van der Waals surface area contributed by atoms with E-state index in [0.717, 1.165) is 28.5 Å². The van der Waals surface area contributed by atoms with Crippen LogP contribution < -0.4 is 14.3 Å². The van der Waals surface area contributed by atoms with Gasteiger partial charge in [-0.05, 0) is 67.8 Å². The van der Waals surface area contributed by atoms with Crippen molar-refractivity contribution in [2.45, 2.75) is 20.3 Å². The fourth-order valence-electron chi connectivity index (χ4n) is 4.19. The zero-order valence-electron chi connectivity index (χ0n) is 19.4. The van der Waals surface area contributed by atoms with Crippen molar-refractivity contribution in [1.82, 2.24) is 14.7 Å². The SMILES string of the molecule is Cc1cc(N2CCCNS2(=O)=O)ccc1C(=O)Nc1ccc(C)c(-c2ncc3ccccc3n2)c1. The maximum Gasteiger partial charge on any atom is 0.301 e. The molecule has 1 aliphatic rings. The molecule has 4 aromatic rings. The summed E-state index contributed by atoms with van der Waals surface area (Å²) in [5.41, 5.74) is 5.01. The number of fused-ring (bicyclic) bond motifs is 1. The van der Waals surface area contributed by atoms with E-state index in [1.54, 1.807) is 31.3 Å². The highest BCUT2D eigenvalue weighted by Gasteiger charge is 2.26. The Morgan fingerprint density at radius 1 is 1.03 bits per heavy atom. The fraction of sp³-hybridized carbons (Fsp3) is 0.192. The number of carbonyl (C=O) groups is 1. The number of para-hydroxylation sites is 1. The number of anilines is 2. The van der Waals surface area contributed by atoms with E-state index in [1.165, 1.54) is 4.31 Å². The van der Waals surface area contributed by atoms with Gasteiger partial charge in [0.2, 0.25) is 0 Å². The van der Waals surface area contributed by atoms with Gasteiger partial charge in [-0.15, -0.1) is 0 Å². The van der Waals surface area contributed by atoms with E-state index >= 15 is 0 Å². The molecule has 1 aliphatic heterocycles. The summed E-state index contributed by atoms with van der Waals surface area (Å²) in [5, 5.41) is 3.91. The molecule has 0 spiro atoms. The minimum atomic E-state index is -3.55. The van der Waals surface area contributed by atoms with Crippen molar-refractivity contribution in [2.75, 3.05) is 22.7 Å². The van der Waals surface area contributed by atoms with E-state index in [2.05, 4.69) is 20.0 Å². The Balaban J connectivity index is 1.40. The maximum atomic E-state index is 13.1. The molecule has 9 heteroatoms. The summed E-state index contributed by atoms with van der Waals surface area (Å²) in [4.78, 5) is 22.3. The highest BCUT2D eigenvalue weighted by Crippen LogP contribution is 2.27. The number of amides is 1.